The van der Waals surface area contributed by atoms with Gasteiger partial charge in [0, 0.05) is 4.47 Å². The maximum atomic E-state index is 13.1. The highest BCUT2D eigenvalue weighted by Gasteiger charge is 2.23. The Morgan fingerprint density at radius 2 is 1.51 bits per heavy atom. The molecule has 0 atom stereocenters. The zero-order chi connectivity index (χ0) is 25.2. The first-order valence-corrected chi connectivity index (χ1v) is 12.5. The molecule has 3 rings (SSSR count). The van der Waals surface area contributed by atoms with Crippen LogP contribution < -0.4 is 20.9 Å². The number of hydrogen-bond donors (Lipinski definition) is 3. The first-order chi connectivity index (χ1) is 16.8. The number of benzene rings is 3. The van der Waals surface area contributed by atoms with E-state index in [0.717, 1.165) is 22.0 Å². The van der Waals surface area contributed by atoms with Crippen LogP contribution in [0.25, 0.3) is 0 Å². The topological polar surface area (TPSA) is 79.5 Å². The summed E-state index contributed by atoms with van der Waals surface area (Å²) in [5, 5.41) is 2.57. The van der Waals surface area contributed by atoms with Gasteiger partial charge in [-0.05, 0) is 53.9 Å². The van der Waals surface area contributed by atoms with E-state index < -0.39 is 11.8 Å². The predicted molar refractivity (Wildman–Crippen MR) is 145 cm³/mol. The molecule has 0 spiro atoms. The normalized spacial score (nSPS) is 10.7. The lowest BCUT2D eigenvalue weighted by Crippen LogP contribution is -2.49. The Kier molecular flexibility index (Phi) is 9.81. The molecule has 0 radical (unpaired) electrons. The van der Waals surface area contributed by atoms with Crippen molar-refractivity contribution in [2.45, 2.75) is 26.2 Å². The average molecular weight is 555 g/mol. The molecule has 6 nitrogen and oxygen atoms in total. The van der Waals surface area contributed by atoms with E-state index in [9.17, 15) is 9.59 Å². The van der Waals surface area contributed by atoms with Crippen molar-refractivity contribution < 1.29 is 14.3 Å². The molecule has 3 N–H and O–H groups in total. The maximum absolute atomic E-state index is 13.1. The van der Waals surface area contributed by atoms with Gasteiger partial charge < -0.3 is 4.74 Å². The van der Waals surface area contributed by atoms with E-state index in [-0.39, 0.29) is 11.0 Å². The van der Waals surface area contributed by atoms with Crippen LogP contribution in [0.2, 0.25) is 0 Å². The summed E-state index contributed by atoms with van der Waals surface area (Å²) in [5.74, 6) is -0.348. The fraction of sp³-hybridized carbons (Fsp3) is 0.222. The van der Waals surface area contributed by atoms with Crippen molar-refractivity contribution in [2.24, 2.45) is 5.92 Å². The van der Waals surface area contributed by atoms with E-state index in [4.69, 9.17) is 17.0 Å². The quantitative estimate of drug-likeness (QED) is 0.259. The van der Waals surface area contributed by atoms with Gasteiger partial charge in [-0.1, -0.05) is 90.4 Å². The molecule has 35 heavy (non-hydrogen) atoms. The van der Waals surface area contributed by atoms with Gasteiger partial charge in [-0.2, -0.15) is 0 Å². The molecule has 2 amide bonds. The standard InChI is InChI=1S/C27H28BrN3O3S/c1-18(2)15-16-34-23-14-13-21(28)17-22(23)25(32)29-27(35)31-30-26(33)24(19-9-5-3-6-10-19)20-11-7-4-8-12-20/h3-14,17-18,24H,15-16H2,1-2H3,(H,30,33)(H2,29,31,32,35). The van der Waals surface area contributed by atoms with E-state index in [1.54, 1.807) is 12.1 Å². The molecule has 0 aromatic heterocycles. The first-order valence-electron chi connectivity index (χ1n) is 11.3. The van der Waals surface area contributed by atoms with Crippen LogP contribution in [0.4, 0.5) is 0 Å². The zero-order valence-corrected chi connectivity index (χ0v) is 22.0. The Balaban J connectivity index is 1.65. The van der Waals surface area contributed by atoms with Crippen LogP contribution in [0, 0.1) is 5.92 Å². The van der Waals surface area contributed by atoms with Crippen LogP contribution in [0.5, 0.6) is 5.75 Å². The Hall–Kier alpha value is -3.23. The van der Waals surface area contributed by atoms with E-state index in [1.807, 2.05) is 66.7 Å². The van der Waals surface area contributed by atoms with Crippen molar-refractivity contribution in [1.29, 1.82) is 0 Å². The molecule has 3 aromatic carbocycles. The molecule has 0 aliphatic heterocycles. The van der Waals surface area contributed by atoms with Crippen molar-refractivity contribution >= 4 is 45.1 Å². The third-order valence-corrected chi connectivity index (χ3v) is 5.89. The molecule has 0 aliphatic rings. The van der Waals surface area contributed by atoms with Gasteiger partial charge in [-0.3, -0.25) is 25.8 Å². The third-order valence-electron chi connectivity index (χ3n) is 5.19. The molecule has 0 unspecified atom stereocenters. The minimum Gasteiger partial charge on any atom is -0.493 e. The van der Waals surface area contributed by atoms with Crippen molar-refractivity contribution in [3.63, 3.8) is 0 Å². The van der Waals surface area contributed by atoms with Crippen LogP contribution in [0.1, 0.15) is 47.7 Å². The van der Waals surface area contributed by atoms with Crippen LogP contribution in [-0.4, -0.2) is 23.5 Å². The molecule has 0 fully saturated rings. The molecule has 182 valence electrons. The summed E-state index contributed by atoms with van der Waals surface area (Å²) >= 11 is 8.65. The van der Waals surface area contributed by atoms with Gasteiger partial charge in [0.05, 0.1) is 18.1 Å². The van der Waals surface area contributed by atoms with Crippen molar-refractivity contribution in [3.8, 4) is 5.75 Å². The summed E-state index contributed by atoms with van der Waals surface area (Å²) in [4.78, 5) is 26.0. The number of amides is 2. The van der Waals surface area contributed by atoms with E-state index in [1.165, 1.54) is 0 Å². The van der Waals surface area contributed by atoms with Gasteiger partial charge in [-0.25, -0.2) is 0 Å². The highest BCUT2D eigenvalue weighted by molar-refractivity contribution is 9.10. The Bertz CT molecular complexity index is 1120. The van der Waals surface area contributed by atoms with Gasteiger partial charge in [0.2, 0.25) is 5.91 Å². The minimum absolute atomic E-state index is 0.0312. The molecule has 0 bridgehead atoms. The number of halogens is 1. The average Bonchev–Trinajstić information content (AvgIpc) is 2.85. The van der Waals surface area contributed by atoms with Crippen LogP contribution in [0.15, 0.2) is 83.3 Å². The van der Waals surface area contributed by atoms with E-state index >= 15 is 0 Å². The molecule has 0 aliphatic carbocycles. The van der Waals surface area contributed by atoms with Gasteiger partial charge in [0.15, 0.2) is 5.11 Å². The lowest BCUT2D eigenvalue weighted by Gasteiger charge is -2.19. The monoisotopic (exact) mass is 553 g/mol. The molecule has 0 heterocycles. The lowest BCUT2D eigenvalue weighted by atomic mass is 9.91. The Morgan fingerprint density at radius 1 is 0.914 bits per heavy atom. The summed E-state index contributed by atoms with van der Waals surface area (Å²) in [7, 11) is 0. The molecule has 0 saturated heterocycles. The molecular weight excluding hydrogens is 526 g/mol. The van der Waals surface area contributed by atoms with E-state index in [2.05, 4.69) is 45.9 Å². The number of carbonyl (C=O) groups is 2. The molecule has 0 saturated carbocycles. The minimum atomic E-state index is -0.547. The molecule has 3 aromatic rings. The number of rotatable bonds is 8. The summed E-state index contributed by atoms with van der Waals surface area (Å²) in [5.41, 5.74) is 7.28. The Morgan fingerprint density at radius 3 is 2.09 bits per heavy atom. The number of hydrogen-bond acceptors (Lipinski definition) is 4. The SMILES string of the molecule is CC(C)CCOc1ccc(Br)cc1C(=O)NC(=S)NNC(=O)C(c1ccccc1)c1ccccc1. The second-order valence-electron chi connectivity index (χ2n) is 8.32. The number of hydrazine groups is 1. The fourth-order valence-electron chi connectivity index (χ4n) is 3.39. The Labute approximate surface area is 219 Å². The third kappa shape index (κ3) is 7.90. The van der Waals surface area contributed by atoms with Crippen molar-refractivity contribution in [3.05, 3.63) is 100 Å². The van der Waals surface area contributed by atoms with Gasteiger partial charge >= 0.3 is 0 Å². The van der Waals surface area contributed by atoms with Gasteiger partial charge in [0.1, 0.15) is 5.75 Å². The lowest BCUT2D eigenvalue weighted by molar-refractivity contribution is -0.122. The molecular formula is C27H28BrN3O3S. The van der Waals surface area contributed by atoms with Crippen LogP contribution in [-0.2, 0) is 4.79 Å². The largest absolute Gasteiger partial charge is 0.493 e. The first kappa shape index (κ1) is 26.4. The van der Waals surface area contributed by atoms with Gasteiger partial charge in [0.25, 0.3) is 5.91 Å². The summed E-state index contributed by atoms with van der Waals surface area (Å²) < 4.78 is 6.55. The number of nitrogens with one attached hydrogen (secondary N) is 3. The smallest absolute Gasteiger partial charge is 0.261 e. The second kappa shape index (κ2) is 13.0. The highest BCUT2D eigenvalue weighted by Crippen LogP contribution is 2.25. The number of ether oxygens (including phenoxy) is 1. The maximum Gasteiger partial charge on any atom is 0.261 e. The van der Waals surface area contributed by atoms with Crippen LogP contribution >= 0.6 is 28.1 Å². The summed E-state index contributed by atoms with van der Waals surface area (Å²) in [6, 6.07) is 24.1. The predicted octanol–water partition coefficient (Wildman–Crippen LogP) is 5.34. The van der Waals surface area contributed by atoms with E-state index in [0.29, 0.717) is 23.8 Å². The van der Waals surface area contributed by atoms with Gasteiger partial charge in [-0.15, -0.1) is 0 Å². The molecule has 8 heteroatoms. The number of carbonyl (C=O) groups excluding carboxylic acids is 2. The number of thiocarbonyl (C=S) groups is 1. The second-order valence-corrected chi connectivity index (χ2v) is 9.65. The summed E-state index contributed by atoms with van der Waals surface area (Å²) in [6.07, 6.45) is 0.868. The van der Waals surface area contributed by atoms with Crippen LogP contribution in [0.3, 0.4) is 0 Å². The summed E-state index contributed by atoms with van der Waals surface area (Å²) in [6.45, 7) is 4.72. The highest BCUT2D eigenvalue weighted by atomic mass is 79.9. The van der Waals surface area contributed by atoms with Crippen molar-refractivity contribution in [2.75, 3.05) is 6.61 Å². The van der Waals surface area contributed by atoms with Crippen molar-refractivity contribution in [1.82, 2.24) is 16.2 Å². The zero-order valence-electron chi connectivity index (χ0n) is 19.6. The fourth-order valence-corrected chi connectivity index (χ4v) is 3.89.